The zero-order valence-corrected chi connectivity index (χ0v) is 11.7. The third kappa shape index (κ3) is 4.44. The monoisotopic (exact) mass is 284 g/mol. The second kappa shape index (κ2) is 7.22. The van der Waals surface area contributed by atoms with E-state index in [0.717, 1.165) is 5.56 Å². The van der Waals surface area contributed by atoms with E-state index in [1.807, 2.05) is 0 Å². The van der Waals surface area contributed by atoms with E-state index in [1.165, 1.54) is 0 Å². The third-order valence-electron chi connectivity index (χ3n) is 2.74. The van der Waals surface area contributed by atoms with Crippen molar-refractivity contribution in [2.24, 2.45) is 7.05 Å². The van der Waals surface area contributed by atoms with E-state index in [-0.39, 0.29) is 12.5 Å². The lowest BCUT2D eigenvalue weighted by molar-refractivity contribution is 0.0954. The quantitative estimate of drug-likeness (QED) is 0.782. The molecule has 0 atom stereocenters. The van der Waals surface area contributed by atoms with Gasteiger partial charge in [0, 0.05) is 31.1 Å². The van der Waals surface area contributed by atoms with Gasteiger partial charge in [-0.1, -0.05) is 11.8 Å². The molecule has 1 aromatic heterocycles. The van der Waals surface area contributed by atoms with Crippen LogP contribution in [0.2, 0.25) is 0 Å². The van der Waals surface area contributed by atoms with E-state index in [0.29, 0.717) is 24.4 Å². The fourth-order valence-electron chi connectivity index (χ4n) is 1.73. The van der Waals surface area contributed by atoms with Gasteiger partial charge in [0.2, 0.25) is 0 Å². The average Bonchev–Trinajstić information content (AvgIpc) is 2.91. The minimum absolute atomic E-state index is 0.146. The molecule has 0 aliphatic rings. The summed E-state index contributed by atoms with van der Waals surface area (Å²) < 4.78 is 1.63. The van der Waals surface area contributed by atoms with Gasteiger partial charge in [-0.15, -0.1) is 0 Å². The summed E-state index contributed by atoms with van der Waals surface area (Å²) in [5, 5.41) is 15.6. The van der Waals surface area contributed by atoms with Gasteiger partial charge in [0.1, 0.15) is 12.9 Å². The van der Waals surface area contributed by atoms with Crippen LogP contribution in [0.25, 0.3) is 0 Å². The summed E-state index contributed by atoms with van der Waals surface area (Å²) in [5.74, 6) is 5.89. The summed E-state index contributed by atoms with van der Waals surface area (Å²) in [4.78, 5) is 16.0. The topological polar surface area (TPSA) is 80.0 Å². The second-order valence-electron chi connectivity index (χ2n) is 4.38. The Bertz CT molecular complexity index is 665. The van der Waals surface area contributed by atoms with Crippen molar-refractivity contribution in [1.82, 2.24) is 20.1 Å². The van der Waals surface area contributed by atoms with Gasteiger partial charge in [0.05, 0.1) is 0 Å². The Kier molecular flexibility index (Phi) is 5.07. The fourth-order valence-corrected chi connectivity index (χ4v) is 1.73. The van der Waals surface area contributed by atoms with Crippen LogP contribution in [-0.2, 0) is 13.5 Å². The van der Waals surface area contributed by atoms with Gasteiger partial charge >= 0.3 is 0 Å². The Morgan fingerprint density at radius 1 is 1.38 bits per heavy atom. The highest BCUT2D eigenvalue weighted by Crippen LogP contribution is 2.03. The number of aliphatic hydroxyl groups excluding tert-OH is 1. The van der Waals surface area contributed by atoms with Gasteiger partial charge in [-0.2, -0.15) is 5.10 Å². The van der Waals surface area contributed by atoms with E-state index in [9.17, 15) is 4.79 Å². The van der Waals surface area contributed by atoms with E-state index in [1.54, 1.807) is 42.3 Å². The van der Waals surface area contributed by atoms with Gasteiger partial charge < -0.3 is 10.4 Å². The van der Waals surface area contributed by atoms with Gasteiger partial charge in [-0.25, -0.2) is 4.98 Å². The molecule has 1 heterocycles. The molecule has 0 radical (unpaired) electrons. The van der Waals surface area contributed by atoms with Crippen molar-refractivity contribution >= 4 is 5.91 Å². The maximum absolute atomic E-state index is 11.9. The van der Waals surface area contributed by atoms with Crippen LogP contribution >= 0.6 is 0 Å². The minimum atomic E-state index is -0.177. The van der Waals surface area contributed by atoms with Gasteiger partial charge in [-0.3, -0.25) is 9.48 Å². The molecule has 6 heteroatoms. The third-order valence-corrected chi connectivity index (χ3v) is 2.74. The summed E-state index contributed by atoms with van der Waals surface area (Å²) in [6.45, 7) is 0.304. The summed E-state index contributed by atoms with van der Waals surface area (Å²) in [6, 6.07) is 6.90. The molecule has 1 aromatic carbocycles. The molecule has 2 rings (SSSR count). The van der Waals surface area contributed by atoms with Crippen LogP contribution in [0, 0.1) is 11.8 Å². The minimum Gasteiger partial charge on any atom is -0.384 e. The number of carbonyl (C=O) groups excluding carboxylic acids is 1. The van der Waals surface area contributed by atoms with Crippen molar-refractivity contribution in [3.8, 4) is 11.8 Å². The van der Waals surface area contributed by atoms with Crippen LogP contribution in [0.1, 0.15) is 21.7 Å². The number of aliphatic hydroxyl groups is 1. The Hall–Kier alpha value is -2.65. The number of rotatable bonds is 4. The summed E-state index contributed by atoms with van der Waals surface area (Å²) in [6.07, 6.45) is 2.22. The lowest BCUT2D eigenvalue weighted by Gasteiger charge is -2.03. The molecule has 21 heavy (non-hydrogen) atoms. The van der Waals surface area contributed by atoms with Crippen molar-refractivity contribution in [3.05, 3.63) is 47.5 Å². The van der Waals surface area contributed by atoms with E-state index in [2.05, 4.69) is 27.2 Å². The smallest absolute Gasteiger partial charge is 0.251 e. The number of hydrogen-bond acceptors (Lipinski definition) is 4. The molecule has 108 valence electrons. The molecule has 0 aliphatic carbocycles. The molecule has 2 aromatic rings. The number of aryl methyl sites for hydroxylation is 1. The lowest BCUT2D eigenvalue weighted by atomic mass is 10.1. The molecule has 0 saturated carbocycles. The Morgan fingerprint density at radius 2 is 2.14 bits per heavy atom. The first-order valence-corrected chi connectivity index (χ1v) is 6.51. The van der Waals surface area contributed by atoms with Crippen molar-refractivity contribution < 1.29 is 9.90 Å². The molecule has 0 unspecified atom stereocenters. The number of nitrogens with one attached hydrogen (secondary N) is 1. The highest BCUT2D eigenvalue weighted by molar-refractivity contribution is 5.94. The predicted octanol–water partition coefficient (Wildman–Crippen LogP) is 0.131. The number of aromatic nitrogens is 3. The maximum Gasteiger partial charge on any atom is 0.251 e. The number of benzene rings is 1. The molecule has 0 fully saturated rings. The Morgan fingerprint density at radius 3 is 2.76 bits per heavy atom. The van der Waals surface area contributed by atoms with Crippen molar-refractivity contribution in [2.75, 3.05) is 13.2 Å². The first-order valence-electron chi connectivity index (χ1n) is 6.51. The molecule has 1 amide bonds. The van der Waals surface area contributed by atoms with Gasteiger partial charge in [0.15, 0.2) is 5.82 Å². The standard InChI is InChI=1S/C15H16N4O2/c1-19-11-17-14(18-19)8-9-16-15(21)13-6-4-12(5-7-13)3-2-10-20/h4-7,11,20H,8-10H2,1H3,(H,16,21). The van der Waals surface area contributed by atoms with E-state index in [4.69, 9.17) is 5.11 Å². The Balaban J connectivity index is 1.85. The first-order chi connectivity index (χ1) is 10.2. The molecule has 0 spiro atoms. The van der Waals surface area contributed by atoms with Crippen molar-refractivity contribution in [2.45, 2.75) is 6.42 Å². The molecule has 6 nitrogen and oxygen atoms in total. The van der Waals surface area contributed by atoms with E-state index >= 15 is 0 Å². The van der Waals surface area contributed by atoms with Crippen LogP contribution in [0.5, 0.6) is 0 Å². The molecule has 0 bridgehead atoms. The molecule has 2 N–H and O–H groups in total. The lowest BCUT2D eigenvalue weighted by Crippen LogP contribution is -2.25. The SMILES string of the molecule is Cn1cnc(CCNC(=O)c2ccc(C#CCO)cc2)n1. The summed E-state index contributed by atoms with van der Waals surface area (Å²) in [5.41, 5.74) is 1.33. The van der Waals surface area contributed by atoms with E-state index < -0.39 is 0 Å². The second-order valence-corrected chi connectivity index (χ2v) is 4.38. The largest absolute Gasteiger partial charge is 0.384 e. The van der Waals surface area contributed by atoms with Crippen LogP contribution in [0.3, 0.4) is 0 Å². The molecule has 0 aliphatic heterocycles. The highest BCUT2D eigenvalue weighted by Gasteiger charge is 2.05. The zero-order valence-electron chi connectivity index (χ0n) is 11.7. The molecule has 0 saturated heterocycles. The van der Waals surface area contributed by atoms with Crippen LogP contribution < -0.4 is 5.32 Å². The molecular weight excluding hydrogens is 268 g/mol. The summed E-state index contributed by atoms with van der Waals surface area (Å²) in [7, 11) is 1.80. The van der Waals surface area contributed by atoms with Crippen LogP contribution in [0.15, 0.2) is 30.6 Å². The maximum atomic E-state index is 11.9. The first kappa shape index (κ1) is 14.8. The number of hydrogen-bond donors (Lipinski definition) is 2. The Labute approximate surface area is 122 Å². The van der Waals surface area contributed by atoms with Gasteiger partial charge in [-0.05, 0) is 24.3 Å². The van der Waals surface area contributed by atoms with Gasteiger partial charge in [0.25, 0.3) is 5.91 Å². The zero-order chi connectivity index (χ0) is 15.1. The normalized spacial score (nSPS) is 9.81. The average molecular weight is 284 g/mol. The number of nitrogens with zero attached hydrogens (tertiary/aromatic N) is 3. The number of amides is 1. The predicted molar refractivity (Wildman–Crippen MR) is 77.4 cm³/mol. The number of carbonyl (C=O) groups is 1. The van der Waals surface area contributed by atoms with Crippen LogP contribution in [-0.4, -0.2) is 38.9 Å². The summed E-state index contributed by atoms with van der Waals surface area (Å²) >= 11 is 0. The highest BCUT2D eigenvalue weighted by atomic mass is 16.2. The van der Waals surface area contributed by atoms with Crippen LogP contribution in [0.4, 0.5) is 0 Å². The fraction of sp³-hybridized carbons (Fsp3) is 0.267. The molecular formula is C15H16N4O2. The van der Waals surface area contributed by atoms with Crippen molar-refractivity contribution in [1.29, 1.82) is 0 Å². The van der Waals surface area contributed by atoms with Crippen molar-refractivity contribution in [3.63, 3.8) is 0 Å².